The summed E-state index contributed by atoms with van der Waals surface area (Å²) in [6.07, 6.45) is 0.984. The van der Waals surface area contributed by atoms with Gasteiger partial charge in [0.05, 0.1) is 7.11 Å². The average Bonchev–Trinajstić information content (AvgIpc) is 2.78. The third-order valence-electron chi connectivity index (χ3n) is 5.06. The molecular formula is C24H24N2O2S. The molecule has 0 fully saturated rings. The molecule has 0 spiro atoms. The van der Waals surface area contributed by atoms with Crippen LogP contribution in [0.4, 0.5) is 5.69 Å². The van der Waals surface area contributed by atoms with E-state index in [0.717, 1.165) is 23.4 Å². The van der Waals surface area contributed by atoms with Crippen molar-refractivity contribution in [2.45, 2.75) is 23.4 Å². The molecule has 4 nitrogen and oxygen atoms in total. The second-order valence-electron chi connectivity index (χ2n) is 6.96. The molecule has 3 aromatic rings. The molecular weight excluding hydrogens is 380 g/mol. The quantitative estimate of drug-likeness (QED) is 0.593. The highest BCUT2D eigenvalue weighted by Crippen LogP contribution is 2.37. The minimum absolute atomic E-state index is 0.0832. The Labute approximate surface area is 175 Å². The molecule has 0 aliphatic carbocycles. The molecule has 148 valence electrons. The van der Waals surface area contributed by atoms with E-state index in [1.807, 2.05) is 66.4 Å². The van der Waals surface area contributed by atoms with E-state index in [2.05, 4.69) is 34.9 Å². The highest BCUT2D eigenvalue weighted by Gasteiger charge is 2.27. The van der Waals surface area contributed by atoms with Gasteiger partial charge >= 0.3 is 0 Å². The Balaban J connectivity index is 1.60. The lowest BCUT2D eigenvalue weighted by atomic mass is 9.99. The summed E-state index contributed by atoms with van der Waals surface area (Å²) in [5, 5.41) is 6.66. The summed E-state index contributed by atoms with van der Waals surface area (Å²) in [6, 6.07) is 25.4. The third-order valence-corrected chi connectivity index (χ3v) is 6.18. The minimum atomic E-state index is -0.455. The summed E-state index contributed by atoms with van der Waals surface area (Å²) in [7, 11) is 1.62. The van der Waals surface area contributed by atoms with Crippen LogP contribution in [0.1, 0.15) is 29.6 Å². The van der Waals surface area contributed by atoms with Crippen molar-refractivity contribution in [3.8, 4) is 5.75 Å². The molecule has 2 atom stereocenters. The predicted octanol–water partition coefficient (Wildman–Crippen LogP) is 5.20. The molecule has 5 heteroatoms. The van der Waals surface area contributed by atoms with E-state index in [-0.39, 0.29) is 11.9 Å². The van der Waals surface area contributed by atoms with Crippen molar-refractivity contribution in [1.82, 2.24) is 5.32 Å². The lowest BCUT2D eigenvalue weighted by Gasteiger charge is -2.30. The first-order valence-electron chi connectivity index (χ1n) is 9.72. The van der Waals surface area contributed by atoms with Gasteiger partial charge in [-0.3, -0.25) is 10.1 Å². The van der Waals surface area contributed by atoms with Crippen molar-refractivity contribution < 1.29 is 9.53 Å². The van der Waals surface area contributed by atoms with Crippen molar-refractivity contribution in [3.05, 3.63) is 90.0 Å². The Morgan fingerprint density at radius 3 is 2.66 bits per heavy atom. The molecule has 0 saturated carbocycles. The van der Waals surface area contributed by atoms with Crippen molar-refractivity contribution >= 4 is 23.4 Å². The third kappa shape index (κ3) is 4.63. The van der Waals surface area contributed by atoms with Gasteiger partial charge in [0.15, 0.2) is 0 Å². The van der Waals surface area contributed by atoms with Gasteiger partial charge in [0, 0.05) is 22.7 Å². The van der Waals surface area contributed by atoms with E-state index in [1.54, 1.807) is 7.11 Å². The Morgan fingerprint density at radius 2 is 1.83 bits per heavy atom. The molecule has 2 N–H and O–H groups in total. The fourth-order valence-corrected chi connectivity index (χ4v) is 4.73. The van der Waals surface area contributed by atoms with E-state index < -0.39 is 6.04 Å². The van der Waals surface area contributed by atoms with Crippen molar-refractivity contribution in [2.75, 3.05) is 18.2 Å². The number of anilines is 1. The first-order valence-corrected chi connectivity index (χ1v) is 10.7. The first-order chi connectivity index (χ1) is 14.2. The van der Waals surface area contributed by atoms with E-state index in [1.165, 1.54) is 10.5 Å². The highest BCUT2D eigenvalue weighted by atomic mass is 32.2. The number of fused-ring (bicyclic) bond motifs is 1. The highest BCUT2D eigenvalue weighted by molar-refractivity contribution is 7.99. The van der Waals surface area contributed by atoms with Crippen LogP contribution in [0.5, 0.6) is 5.75 Å². The van der Waals surface area contributed by atoms with Gasteiger partial charge in [-0.1, -0.05) is 54.6 Å². The summed E-state index contributed by atoms with van der Waals surface area (Å²) in [5.74, 6) is 1.67. The van der Waals surface area contributed by atoms with Gasteiger partial charge in [0.25, 0.3) is 0 Å². The van der Waals surface area contributed by atoms with Gasteiger partial charge in [0.1, 0.15) is 11.8 Å². The van der Waals surface area contributed by atoms with Crippen LogP contribution < -0.4 is 15.4 Å². The number of ether oxygens (including phenoxy) is 1. The van der Waals surface area contributed by atoms with Crippen LogP contribution in [0.3, 0.4) is 0 Å². The molecule has 0 aromatic heterocycles. The molecule has 1 heterocycles. The number of hydrogen-bond acceptors (Lipinski definition) is 4. The molecule has 4 rings (SSSR count). The maximum atomic E-state index is 13.3. The fourth-order valence-electron chi connectivity index (χ4n) is 3.60. The van der Waals surface area contributed by atoms with E-state index in [9.17, 15) is 4.79 Å². The Morgan fingerprint density at radius 1 is 1.03 bits per heavy atom. The Hall–Kier alpha value is -2.76. The number of carbonyl (C=O) groups is 1. The molecule has 29 heavy (non-hydrogen) atoms. The summed E-state index contributed by atoms with van der Waals surface area (Å²) in [5.41, 5.74) is 2.93. The van der Waals surface area contributed by atoms with Crippen LogP contribution in [-0.2, 0) is 4.79 Å². The number of hydrogen-bond donors (Lipinski definition) is 2. The Bertz CT molecular complexity index is 977. The van der Waals surface area contributed by atoms with Gasteiger partial charge < -0.3 is 10.1 Å². The smallest absolute Gasteiger partial charge is 0.246 e. The zero-order chi connectivity index (χ0) is 20.1. The van der Waals surface area contributed by atoms with E-state index in [4.69, 9.17) is 4.74 Å². The molecule has 0 unspecified atom stereocenters. The minimum Gasteiger partial charge on any atom is -0.497 e. The largest absolute Gasteiger partial charge is 0.497 e. The van der Waals surface area contributed by atoms with Gasteiger partial charge in [-0.2, -0.15) is 0 Å². The SMILES string of the molecule is COc1cccc(NC(=O)[C@@H](N[C@H]2CCSc3ccccc32)c2ccccc2)c1. The lowest BCUT2D eigenvalue weighted by molar-refractivity contribution is -0.118. The van der Waals surface area contributed by atoms with Crippen LogP contribution in [0.2, 0.25) is 0 Å². The van der Waals surface area contributed by atoms with Gasteiger partial charge in [0.2, 0.25) is 5.91 Å². The molecule has 0 bridgehead atoms. The number of nitrogens with one attached hydrogen (secondary N) is 2. The number of methoxy groups -OCH3 is 1. The number of thioether (sulfide) groups is 1. The molecule has 1 aliphatic rings. The number of carbonyl (C=O) groups excluding carboxylic acids is 1. The number of amides is 1. The topological polar surface area (TPSA) is 50.4 Å². The van der Waals surface area contributed by atoms with Gasteiger partial charge in [-0.05, 0) is 41.5 Å². The molecule has 1 amide bonds. The zero-order valence-electron chi connectivity index (χ0n) is 16.3. The summed E-state index contributed by atoms with van der Waals surface area (Å²) < 4.78 is 5.27. The van der Waals surface area contributed by atoms with E-state index >= 15 is 0 Å². The molecule has 0 saturated heterocycles. The second kappa shape index (κ2) is 9.16. The first kappa shape index (κ1) is 19.6. The van der Waals surface area contributed by atoms with Crippen molar-refractivity contribution in [3.63, 3.8) is 0 Å². The normalized spacial score (nSPS) is 16.5. The summed E-state index contributed by atoms with van der Waals surface area (Å²) in [6.45, 7) is 0. The number of benzene rings is 3. The van der Waals surface area contributed by atoms with Crippen LogP contribution in [0.25, 0.3) is 0 Å². The molecule has 0 radical (unpaired) electrons. The second-order valence-corrected chi connectivity index (χ2v) is 8.10. The van der Waals surface area contributed by atoms with Crippen molar-refractivity contribution in [2.24, 2.45) is 0 Å². The average molecular weight is 405 g/mol. The maximum Gasteiger partial charge on any atom is 0.246 e. The lowest BCUT2D eigenvalue weighted by Crippen LogP contribution is -2.36. The van der Waals surface area contributed by atoms with Gasteiger partial charge in [-0.15, -0.1) is 11.8 Å². The zero-order valence-corrected chi connectivity index (χ0v) is 17.1. The molecule has 1 aliphatic heterocycles. The van der Waals surface area contributed by atoms with Crippen LogP contribution in [0, 0.1) is 0 Å². The van der Waals surface area contributed by atoms with Crippen LogP contribution in [0.15, 0.2) is 83.8 Å². The van der Waals surface area contributed by atoms with Crippen LogP contribution >= 0.6 is 11.8 Å². The maximum absolute atomic E-state index is 13.3. The van der Waals surface area contributed by atoms with Crippen molar-refractivity contribution in [1.29, 1.82) is 0 Å². The summed E-state index contributed by atoms with van der Waals surface area (Å²) in [4.78, 5) is 14.6. The van der Waals surface area contributed by atoms with Gasteiger partial charge in [-0.25, -0.2) is 0 Å². The fraction of sp³-hybridized carbons (Fsp3) is 0.208. The van der Waals surface area contributed by atoms with E-state index in [0.29, 0.717) is 5.75 Å². The molecule has 3 aromatic carbocycles. The monoisotopic (exact) mass is 404 g/mol. The standard InChI is InChI=1S/C24H24N2O2S/c1-28-19-11-7-10-18(16-19)25-24(27)23(17-8-3-2-4-9-17)26-21-14-15-29-22-13-6-5-12-20(21)22/h2-13,16,21,23,26H,14-15H2,1H3,(H,25,27)/t21-,23-/m0/s1. The summed E-state index contributed by atoms with van der Waals surface area (Å²) >= 11 is 1.88. The number of rotatable bonds is 6. The Kier molecular flexibility index (Phi) is 6.17. The predicted molar refractivity (Wildman–Crippen MR) is 118 cm³/mol. The van der Waals surface area contributed by atoms with Crippen LogP contribution in [-0.4, -0.2) is 18.8 Å².